The highest BCUT2D eigenvalue weighted by Crippen LogP contribution is 2.26. The number of para-hydroxylation sites is 1. The standard InChI is InChI=1S/C16H23N3O2/c1-12(17-2)10-18-15(20)11-19-14-8-4-3-6-13(14)7-5-9-16(19)21/h3-4,6,8,12,17H,5,7,9-11H2,1-2H3,(H,18,20). The molecule has 5 heteroatoms. The van der Waals surface area contributed by atoms with Crippen LogP contribution in [0.5, 0.6) is 0 Å². The molecule has 0 aromatic heterocycles. The van der Waals surface area contributed by atoms with Crippen molar-refractivity contribution in [1.82, 2.24) is 10.6 Å². The quantitative estimate of drug-likeness (QED) is 0.852. The zero-order valence-corrected chi connectivity index (χ0v) is 12.7. The second-order valence-corrected chi connectivity index (χ2v) is 5.46. The number of nitrogens with one attached hydrogen (secondary N) is 2. The summed E-state index contributed by atoms with van der Waals surface area (Å²) in [6.45, 7) is 2.64. The second kappa shape index (κ2) is 7.22. The molecule has 0 bridgehead atoms. The first-order valence-corrected chi connectivity index (χ1v) is 7.44. The fourth-order valence-corrected chi connectivity index (χ4v) is 2.43. The lowest BCUT2D eigenvalue weighted by Crippen LogP contribution is -2.44. The van der Waals surface area contributed by atoms with E-state index >= 15 is 0 Å². The number of anilines is 1. The number of hydrogen-bond acceptors (Lipinski definition) is 3. The van der Waals surface area contributed by atoms with E-state index < -0.39 is 0 Å². The number of carbonyl (C=O) groups excluding carboxylic acids is 2. The van der Waals surface area contributed by atoms with Crippen molar-refractivity contribution < 1.29 is 9.59 Å². The molecule has 2 N–H and O–H groups in total. The van der Waals surface area contributed by atoms with Crippen LogP contribution in [0.2, 0.25) is 0 Å². The summed E-state index contributed by atoms with van der Waals surface area (Å²) in [4.78, 5) is 25.9. The maximum Gasteiger partial charge on any atom is 0.240 e. The highest BCUT2D eigenvalue weighted by molar-refractivity contribution is 5.99. The van der Waals surface area contributed by atoms with Gasteiger partial charge in [-0.05, 0) is 38.4 Å². The lowest BCUT2D eigenvalue weighted by molar-refractivity contribution is -0.123. The Morgan fingerprint density at radius 3 is 2.86 bits per heavy atom. The predicted molar refractivity (Wildman–Crippen MR) is 83.3 cm³/mol. The molecule has 1 unspecified atom stereocenters. The summed E-state index contributed by atoms with van der Waals surface area (Å²) >= 11 is 0. The Morgan fingerprint density at radius 1 is 1.33 bits per heavy atom. The van der Waals surface area contributed by atoms with Crippen LogP contribution in [0.4, 0.5) is 5.69 Å². The Balaban J connectivity index is 2.07. The van der Waals surface area contributed by atoms with E-state index in [2.05, 4.69) is 10.6 Å². The molecule has 1 aliphatic heterocycles. The SMILES string of the molecule is CNC(C)CNC(=O)CN1C(=O)CCCc2ccccc21. The summed E-state index contributed by atoms with van der Waals surface area (Å²) in [6.07, 6.45) is 2.22. The topological polar surface area (TPSA) is 61.4 Å². The van der Waals surface area contributed by atoms with Gasteiger partial charge in [-0.3, -0.25) is 9.59 Å². The summed E-state index contributed by atoms with van der Waals surface area (Å²) in [6, 6.07) is 8.04. The summed E-state index contributed by atoms with van der Waals surface area (Å²) in [5, 5.41) is 5.92. The first kappa shape index (κ1) is 15.5. The predicted octanol–water partition coefficient (Wildman–Crippen LogP) is 1.08. The van der Waals surface area contributed by atoms with Crippen molar-refractivity contribution in [3.05, 3.63) is 29.8 Å². The molecule has 1 aromatic carbocycles. The molecule has 0 saturated carbocycles. The summed E-state index contributed by atoms with van der Waals surface area (Å²) in [5.74, 6) is -0.0982. The van der Waals surface area contributed by atoms with Gasteiger partial charge in [-0.2, -0.15) is 0 Å². The van der Waals surface area contributed by atoms with E-state index in [0.29, 0.717) is 13.0 Å². The average Bonchev–Trinajstić information content (AvgIpc) is 2.65. The molecular weight excluding hydrogens is 266 g/mol. The van der Waals surface area contributed by atoms with Gasteiger partial charge >= 0.3 is 0 Å². The molecule has 1 aliphatic rings. The number of aryl methyl sites for hydroxylation is 1. The molecule has 0 saturated heterocycles. The molecule has 5 nitrogen and oxygen atoms in total. The zero-order chi connectivity index (χ0) is 15.2. The van der Waals surface area contributed by atoms with Crippen LogP contribution in [-0.4, -0.2) is 38.0 Å². The Labute approximate surface area is 125 Å². The number of rotatable bonds is 5. The molecule has 21 heavy (non-hydrogen) atoms. The Kier molecular flexibility index (Phi) is 5.33. The van der Waals surface area contributed by atoms with Gasteiger partial charge in [0.1, 0.15) is 6.54 Å². The number of hydrogen-bond donors (Lipinski definition) is 2. The number of fused-ring (bicyclic) bond motifs is 1. The molecule has 114 valence electrons. The van der Waals surface area contributed by atoms with Gasteiger partial charge in [-0.1, -0.05) is 18.2 Å². The third-order valence-corrected chi connectivity index (χ3v) is 3.82. The first-order chi connectivity index (χ1) is 10.1. The van der Waals surface area contributed by atoms with E-state index in [0.717, 1.165) is 24.1 Å². The maximum atomic E-state index is 12.2. The van der Waals surface area contributed by atoms with Crippen molar-refractivity contribution in [2.24, 2.45) is 0 Å². The molecule has 0 aliphatic carbocycles. The third kappa shape index (κ3) is 4.04. The normalized spacial score (nSPS) is 16.1. The van der Waals surface area contributed by atoms with Gasteiger partial charge in [0.2, 0.25) is 11.8 Å². The summed E-state index contributed by atoms with van der Waals surface area (Å²) in [5.41, 5.74) is 2.01. The van der Waals surface area contributed by atoms with Crippen LogP contribution >= 0.6 is 0 Å². The molecule has 2 amide bonds. The first-order valence-electron chi connectivity index (χ1n) is 7.44. The van der Waals surface area contributed by atoms with Crippen molar-refractivity contribution in [2.75, 3.05) is 25.0 Å². The fourth-order valence-electron chi connectivity index (χ4n) is 2.43. The number of likely N-dealkylation sites (N-methyl/N-ethyl adjacent to an activating group) is 1. The molecule has 1 aromatic rings. The van der Waals surface area contributed by atoms with Crippen LogP contribution in [0.15, 0.2) is 24.3 Å². The van der Waals surface area contributed by atoms with Gasteiger partial charge in [0, 0.05) is 24.7 Å². The minimum Gasteiger partial charge on any atom is -0.353 e. The van der Waals surface area contributed by atoms with Gasteiger partial charge < -0.3 is 15.5 Å². The van der Waals surface area contributed by atoms with E-state index in [4.69, 9.17) is 0 Å². The van der Waals surface area contributed by atoms with E-state index in [1.807, 2.05) is 38.2 Å². The third-order valence-electron chi connectivity index (χ3n) is 3.82. The van der Waals surface area contributed by atoms with Crippen molar-refractivity contribution in [3.63, 3.8) is 0 Å². The number of benzene rings is 1. The number of carbonyl (C=O) groups is 2. The molecule has 0 radical (unpaired) electrons. The van der Waals surface area contributed by atoms with E-state index in [9.17, 15) is 9.59 Å². The monoisotopic (exact) mass is 289 g/mol. The highest BCUT2D eigenvalue weighted by atomic mass is 16.2. The van der Waals surface area contributed by atoms with Gasteiger partial charge in [0.05, 0.1) is 0 Å². The lowest BCUT2D eigenvalue weighted by atomic mass is 10.1. The Hall–Kier alpha value is -1.88. The molecule has 1 atom stereocenters. The van der Waals surface area contributed by atoms with Crippen molar-refractivity contribution in [1.29, 1.82) is 0 Å². The largest absolute Gasteiger partial charge is 0.353 e. The minimum atomic E-state index is -0.123. The minimum absolute atomic E-state index is 0.0248. The van der Waals surface area contributed by atoms with Crippen LogP contribution < -0.4 is 15.5 Å². The van der Waals surface area contributed by atoms with Crippen molar-refractivity contribution >= 4 is 17.5 Å². The Bertz CT molecular complexity index is 516. The average molecular weight is 289 g/mol. The summed E-state index contributed by atoms with van der Waals surface area (Å²) in [7, 11) is 1.85. The van der Waals surface area contributed by atoms with Crippen LogP contribution in [0.1, 0.15) is 25.3 Å². The maximum absolute atomic E-state index is 12.2. The number of amides is 2. The Morgan fingerprint density at radius 2 is 2.10 bits per heavy atom. The van der Waals surface area contributed by atoms with Crippen LogP contribution in [-0.2, 0) is 16.0 Å². The van der Waals surface area contributed by atoms with E-state index in [-0.39, 0.29) is 24.4 Å². The van der Waals surface area contributed by atoms with Gasteiger partial charge in [0.15, 0.2) is 0 Å². The van der Waals surface area contributed by atoms with Gasteiger partial charge in [-0.25, -0.2) is 0 Å². The van der Waals surface area contributed by atoms with Crippen molar-refractivity contribution in [3.8, 4) is 0 Å². The van der Waals surface area contributed by atoms with Crippen LogP contribution in [0.3, 0.4) is 0 Å². The van der Waals surface area contributed by atoms with Gasteiger partial charge in [-0.15, -0.1) is 0 Å². The van der Waals surface area contributed by atoms with Crippen LogP contribution in [0.25, 0.3) is 0 Å². The molecular formula is C16H23N3O2. The molecule has 2 rings (SSSR count). The lowest BCUT2D eigenvalue weighted by Gasteiger charge is -2.23. The fraction of sp³-hybridized carbons (Fsp3) is 0.500. The summed E-state index contributed by atoms with van der Waals surface area (Å²) < 4.78 is 0. The zero-order valence-electron chi connectivity index (χ0n) is 12.7. The molecule has 1 heterocycles. The van der Waals surface area contributed by atoms with E-state index in [1.54, 1.807) is 4.90 Å². The van der Waals surface area contributed by atoms with Gasteiger partial charge in [0.25, 0.3) is 0 Å². The number of nitrogens with zero attached hydrogens (tertiary/aromatic N) is 1. The molecule has 0 fully saturated rings. The highest BCUT2D eigenvalue weighted by Gasteiger charge is 2.23. The van der Waals surface area contributed by atoms with Crippen molar-refractivity contribution in [2.45, 2.75) is 32.2 Å². The molecule has 0 spiro atoms. The van der Waals surface area contributed by atoms with E-state index in [1.165, 1.54) is 0 Å². The second-order valence-electron chi connectivity index (χ2n) is 5.46. The smallest absolute Gasteiger partial charge is 0.240 e. The van der Waals surface area contributed by atoms with Crippen LogP contribution in [0, 0.1) is 0 Å².